The standard InChI is InChI=1S/C18H17F2NO4S/c19-18(20)25-16-8-4-2-5-12(16)9-17(22)21-15-11-26(23,24)10-13-6-1-3-7-14(13)15/h1-8,15,18H,9-11H2,(H,21,22). The molecule has 0 saturated carbocycles. The minimum atomic E-state index is -3.33. The lowest BCUT2D eigenvalue weighted by Gasteiger charge is -2.26. The fraction of sp³-hybridized carbons (Fsp3) is 0.278. The van der Waals surface area contributed by atoms with Gasteiger partial charge in [-0.1, -0.05) is 42.5 Å². The van der Waals surface area contributed by atoms with Crippen LogP contribution in [0.3, 0.4) is 0 Å². The Labute approximate surface area is 149 Å². The molecule has 0 fully saturated rings. The van der Waals surface area contributed by atoms with Gasteiger partial charge in [0.15, 0.2) is 9.84 Å². The normalized spacial score (nSPS) is 18.2. The minimum Gasteiger partial charge on any atom is -0.435 e. The van der Waals surface area contributed by atoms with E-state index in [1.54, 1.807) is 30.3 Å². The van der Waals surface area contributed by atoms with E-state index in [-0.39, 0.29) is 23.7 Å². The lowest BCUT2D eigenvalue weighted by atomic mass is 10.0. The van der Waals surface area contributed by atoms with Gasteiger partial charge in [0, 0.05) is 5.56 Å². The molecule has 0 saturated heterocycles. The van der Waals surface area contributed by atoms with Crippen LogP contribution in [0.5, 0.6) is 5.75 Å². The van der Waals surface area contributed by atoms with Crippen LogP contribution in [0.1, 0.15) is 22.7 Å². The molecule has 0 aliphatic carbocycles. The summed E-state index contributed by atoms with van der Waals surface area (Å²) < 4.78 is 53.5. The van der Waals surface area contributed by atoms with Crippen LogP contribution in [0, 0.1) is 0 Å². The zero-order valence-electron chi connectivity index (χ0n) is 13.7. The summed E-state index contributed by atoms with van der Waals surface area (Å²) in [5.74, 6) is -0.785. The topological polar surface area (TPSA) is 72.5 Å². The summed E-state index contributed by atoms with van der Waals surface area (Å²) in [6.45, 7) is -2.99. The number of rotatable bonds is 5. The highest BCUT2D eigenvalue weighted by Crippen LogP contribution is 2.28. The van der Waals surface area contributed by atoms with Gasteiger partial charge < -0.3 is 10.1 Å². The quantitative estimate of drug-likeness (QED) is 0.864. The van der Waals surface area contributed by atoms with Gasteiger partial charge in [0.1, 0.15) is 5.75 Å². The van der Waals surface area contributed by atoms with E-state index in [9.17, 15) is 22.0 Å². The number of sulfone groups is 1. The first-order valence-electron chi connectivity index (χ1n) is 7.94. The molecular weight excluding hydrogens is 364 g/mol. The number of nitrogens with one attached hydrogen (secondary N) is 1. The van der Waals surface area contributed by atoms with Crippen LogP contribution in [0.4, 0.5) is 8.78 Å². The second kappa shape index (κ2) is 7.41. The number of halogens is 2. The number of carbonyl (C=O) groups is 1. The molecule has 0 radical (unpaired) electrons. The molecule has 26 heavy (non-hydrogen) atoms. The molecule has 2 aromatic rings. The van der Waals surface area contributed by atoms with E-state index >= 15 is 0 Å². The van der Waals surface area contributed by atoms with Crippen LogP contribution in [-0.4, -0.2) is 26.7 Å². The van der Waals surface area contributed by atoms with Gasteiger partial charge in [-0.2, -0.15) is 8.78 Å². The number of hydrogen-bond donors (Lipinski definition) is 1. The predicted molar refractivity (Wildman–Crippen MR) is 91.6 cm³/mol. The van der Waals surface area contributed by atoms with Crippen molar-refractivity contribution in [3.05, 3.63) is 65.2 Å². The molecule has 0 spiro atoms. The van der Waals surface area contributed by atoms with Crippen molar-refractivity contribution >= 4 is 15.7 Å². The molecule has 1 aliphatic heterocycles. The molecule has 1 heterocycles. The first-order chi connectivity index (χ1) is 12.3. The maximum absolute atomic E-state index is 12.5. The Morgan fingerprint density at radius 2 is 1.85 bits per heavy atom. The van der Waals surface area contributed by atoms with Crippen molar-refractivity contribution in [1.82, 2.24) is 5.32 Å². The summed E-state index contributed by atoms with van der Waals surface area (Å²) in [5.41, 5.74) is 1.72. The molecular formula is C18H17F2NO4S. The van der Waals surface area contributed by atoms with Crippen molar-refractivity contribution in [3.8, 4) is 5.75 Å². The molecule has 1 unspecified atom stereocenters. The van der Waals surface area contributed by atoms with E-state index in [0.717, 1.165) is 5.56 Å². The molecule has 0 aromatic heterocycles. The minimum absolute atomic E-state index is 0.0550. The molecule has 3 rings (SSSR count). The highest BCUT2D eigenvalue weighted by molar-refractivity contribution is 7.90. The van der Waals surface area contributed by atoms with Gasteiger partial charge in [-0.25, -0.2) is 8.42 Å². The van der Waals surface area contributed by atoms with Crippen LogP contribution < -0.4 is 10.1 Å². The summed E-state index contributed by atoms with van der Waals surface area (Å²) >= 11 is 0. The fourth-order valence-electron chi connectivity index (χ4n) is 3.04. The van der Waals surface area contributed by atoms with Crippen LogP contribution in [0.15, 0.2) is 48.5 Å². The number of benzene rings is 2. The van der Waals surface area contributed by atoms with Crippen LogP contribution in [0.2, 0.25) is 0 Å². The largest absolute Gasteiger partial charge is 0.435 e. The van der Waals surface area contributed by atoms with Gasteiger partial charge in [-0.15, -0.1) is 0 Å². The molecule has 0 bridgehead atoms. The Morgan fingerprint density at radius 3 is 2.62 bits per heavy atom. The third-order valence-corrected chi connectivity index (χ3v) is 5.69. The van der Waals surface area contributed by atoms with E-state index in [4.69, 9.17) is 0 Å². The average molecular weight is 381 g/mol. The fourth-order valence-corrected chi connectivity index (χ4v) is 4.67. The van der Waals surface area contributed by atoms with E-state index in [0.29, 0.717) is 11.1 Å². The molecule has 138 valence electrons. The van der Waals surface area contributed by atoms with Crippen molar-refractivity contribution in [2.45, 2.75) is 24.8 Å². The van der Waals surface area contributed by atoms with Gasteiger partial charge in [-0.3, -0.25) is 4.79 Å². The van der Waals surface area contributed by atoms with Gasteiger partial charge in [-0.05, 0) is 17.2 Å². The number of ether oxygens (including phenoxy) is 1. The molecule has 5 nitrogen and oxygen atoms in total. The van der Waals surface area contributed by atoms with Gasteiger partial charge in [0.25, 0.3) is 0 Å². The average Bonchev–Trinajstić information content (AvgIpc) is 2.55. The number of amides is 1. The van der Waals surface area contributed by atoms with Crippen molar-refractivity contribution in [2.75, 3.05) is 5.75 Å². The van der Waals surface area contributed by atoms with E-state index in [2.05, 4.69) is 10.1 Å². The zero-order valence-corrected chi connectivity index (χ0v) is 14.5. The van der Waals surface area contributed by atoms with Gasteiger partial charge >= 0.3 is 6.61 Å². The second-order valence-corrected chi connectivity index (χ2v) is 8.15. The Kier molecular flexibility index (Phi) is 5.22. The smallest absolute Gasteiger partial charge is 0.387 e. The predicted octanol–water partition coefficient (Wildman–Crippen LogP) is 2.62. The number of para-hydroxylation sites is 1. The second-order valence-electron chi connectivity index (χ2n) is 6.04. The lowest BCUT2D eigenvalue weighted by molar-refractivity contribution is -0.121. The third kappa shape index (κ3) is 4.37. The zero-order chi connectivity index (χ0) is 18.7. The Morgan fingerprint density at radius 1 is 1.15 bits per heavy atom. The Balaban J connectivity index is 1.77. The molecule has 1 amide bonds. The van der Waals surface area contributed by atoms with Gasteiger partial charge in [0.05, 0.1) is 24.0 Å². The SMILES string of the molecule is O=C(Cc1ccccc1OC(F)F)NC1CS(=O)(=O)Cc2ccccc21. The summed E-state index contributed by atoms with van der Waals surface area (Å²) in [7, 11) is -3.33. The molecule has 2 aromatic carbocycles. The highest BCUT2D eigenvalue weighted by Gasteiger charge is 2.30. The van der Waals surface area contributed by atoms with E-state index in [1.807, 2.05) is 0 Å². The summed E-state index contributed by atoms with van der Waals surface area (Å²) in [5, 5.41) is 2.70. The Bertz CT molecular complexity index is 915. The van der Waals surface area contributed by atoms with Crippen molar-refractivity contribution in [3.63, 3.8) is 0 Å². The Hall–Kier alpha value is -2.48. The first-order valence-corrected chi connectivity index (χ1v) is 9.76. The first kappa shape index (κ1) is 18.3. The molecule has 1 N–H and O–H groups in total. The molecule has 1 aliphatic rings. The number of carbonyl (C=O) groups excluding carboxylic acids is 1. The lowest BCUT2D eigenvalue weighted by Crippen LogP contribution is -2.37. The monoisotopic (exact) mass is 381 g/mol. The van der Waals surface area contributed by atoms with E-state index in [1.165, 1.54) is 18.2 Å². The van der Waals surface area contributed by atoms with Crippen LogP contribution in [-0.2, 0) is 26.8 Å². The molecule has 8 heteroatoms. The van der Waals surface area contributed by atoms with Crippen LogP contribution >= 0.6 is 0 Å². The van der Waals surface area contributed by atoms with Crippen LogP contribution in [0.25, 0.3) is 0 Å². The van der Waals surface area contributed by atoms with Crippen molar-refractivity contribution in [1.29, 1.82) is 0 Å². The van der Waals surface area contributed by atoms with Gasteiger partial charge in [0.2, 0.25) is 5.91 Å². The summed E-state index contributed by atoms with van der Waals surface area (Å²) in [6, 6.07) is 12.4. The third-order valence-electron chi connectivity index (χ3n) is 4.10. The summed E-state index contributed by atoms with van der Waals surface area (Å²) in [6.07, 6.45) is -0.193. The van der Waals surface area contributed by atoms with Crippen molar-refractivity contribution < 1.29 is 26.7 Å². The molecule has 1 atom stereocenters. The highest BCUT2D eigenvalue weighted by atomic mass is 32.2. The van der Waals surface area contributed by atoms with Crippen molar-refractivity contribution in [2.24, 2.45) is 0 Å². The van der Waals surface area contributed by atoms with E-state index < -0.39 is 28.4 Å². The summed E-state index contributed by atoms with van der Waals surface area (Å²) in [4.78, 5) is 12.4. The number of hydrogen-bond acceptors (Lipinski definition) is 4. The number of fused-ring (bicyclic) bond motifs is 1. The maximum Gasteiger partial charge on any atom is 0.387 e. The number of alkyl halides is 2. The maximum atomic E-state index is 12.5.